The topological polar surface area (TPSA) is 61.3 Å². The van der Waals surface area contributed by atoms with Crippen molar-refractivity contribution in [1.29, 1.82) is 0 Å². The molecule has 3 nitrogen and oxygen atoms in total. The van der Waals surface area contributed by atoms with Crippen LogP contribution in [0.4, 0.5) is 11.4 Å². The highest BCUT2D eigenvalue weighted by Crippen LogP contribution is 2.41. The summed E-state index contributed by atoms with van der Waals surface area (Å²) in [6.45, 7) is 0. The number of rotatable bonds is 2. The van der Waals surface area contributed by atoms with E-state index in [9.17, 15) is 0 Å². The molecule has 0 atom stereocenters. The second kappa shape index (κ2) is 5.46. The Morgan fingerprint density at radius 3 is 2.00 bits per heavy atom. The van der Waals surface area contributed by atoms with Crippen molar-refractivity contribution in [3.8, 4) is 16.9 Å². The predicted octanol–water partition coefficient (Wildman–Crippen LogP) is 4.83. The summed E-state index contributed by atoms with van der Waals surface area (Å²) in [5, 5.41) is 4.39. The number of anilines is 2. The molecule has 0 heterocycles. The SMILES string of the molecule is COc1ccc2c(-c3c(N)ccc4ccccc34)c(N)ccc2c1. The summed E-state index contributed by atoms with van der Waals surface area (Å²) < 4.78 is 5.34. The van der Waals surface area contributed by atoms with Crippen molar-refractivity contribution in [1.82, 2.24) is 0 Å². The van der Waals surface area contributed by atoms with Crippen molar-refractivity contribution in [3.05, 3.63) is 66.7 Å². The van der Waals surface area contributed by atoms with Gasteiger partial charge in [-0.15, -0.1) is 0 Å². The zero-order chi connectivity index (χ0) is 16.7. The van der Waals surface area contributed by atoms with Crippen LogP contribution in [-0.2, 0) is 0 Å². The summed E-state index contributed by atoms with van der Waals surface area (Å²) in [7, 11) is 1.67. The van der Waals surface area contributed by atoms with Crippen LogP contribution in [0.2, 0.25) is 0 Å². The molecule has 0 saturated heterocycles. The number of methoxy groups -OCH3 is 1. The van der Waals surface area contributed by atoms with Crippen molar-refractivity contribution in [2.75, 3.05) is 18.6 Å². The fourth-order valence-electron chi connectivity index (χ4n) is 3.30. The highest BCUT2D eigenvalue weighted by molar-refractivity contribution is 6.13. The van der Waals surface area contributed by atoms with Gasteiger partial charge in [-0.2, -0.15) is 0 Å². The molecule has 0 aliphatic heterocycles. The third-order valence-corrected chi connectivity index (χ3v) is 4.47. The second-order valence-electron chi connectivity index (χ2n) is 5.87. The number of ether oxygens (including phenoxy) is 1. The maximum atomic E-state index is 6.36. The molecule has 0 unspecified atom stereocenters. The van der Waals surface area contributed by atoms with Gasteiger partial charge in [-0.3, -0.25) is 0 Å². The maximum Gasteiger partial charge on any atom is 0.119 e. The van der Waals surface area contributed by atoms with Crippen LogP contribution in [0.5, 0.6) is 5.75 Å². The fourth-order valence-corrected chi connectivity index (χ4v) is 3.30. The van der Waals surface area contributed by atoms with E-state index in [1.54, 1.807) is 7.11 Å². The van der Waals surface area contributed by atoms with Gasteiger partial charge in [0.1, 0.15) is 5.75 Å². The second-order valence-corrected chi connectivity index (χ2v) is 5.87. The molecule has 0 spiro atoms. The van der Waals surface area contributed by atoms with Crippen molar-refractivity contribution in [3.63, 3.8) is 0 Å². The lowest BCUT2D eigenvalue weighted by Gasteiger charge is -2.16. The number of hydrogen-bond acceptors (Lipinski definition) is 3. The van der Waals surface area contributed by atoms with Crippen molar-refractivity contribution in [2.45, 2.75) is 0 Å². The van der Waals surface area contributed by atoms with Gasteiger partial charge >= 0.3 is 0 Å². The Bertz CT molecular complexity index is 1070. The van der Waals surface area contributed by atoms with Gasteiger partial charge in [0, 0.05) is 22.5 Å². The summed E-state index contributed by atoms with van der Waals surface area (Å²) in [4.78, 5) is 0. The van der Waals surface area contributed by atoms with E-state index in [-0.39, 0.29) is 0 Å². The lowest BCUT2D eigenvalue weighted by molar-refractivity contribution is 0.415. The number of nitrogen functional groups attached to an aromatic ring is 2. The van der Waals surface area contributed by atoms with Gasteiger partial charge in [-0.1, -0.05) is 36.4 Å². The van der Waals surface area contributed by atoms with E-state index in [1.807, 2.05) is 54.6 Å². The Hall–Kier alpha value is -3.20. The molecule has 4 rings (SSSR count). The molecule has 0 amide bonds. The normalized spacial score (nSPS) is 11.0. The first-order chi connectivity index (χ1) is 11.7. The molecule has 24 heavy (non-hydrogen) atoms. The molecule has 0 bridgehead atoms. The predicted molar refractivity (Wildman–Crippen MR) is 102 cm³/mol. The quantitative estimate of drug-likeness (QED) is 0.521. The summed E-state index contributed by atoms with van der Waals surface area (Å²) >= 11 is 0. The Balaban J connectivity index is 2.14. The Morgan fingerprint density at radius 1 is 0.667 bits per heavy atom. The molecular weight excluding hydrogens is 296 g/mol. The molecule has 3 heteroatoms. The molecule has 4 aromatic rings. The largest absolute Gasteiger partial charge is 0.497 e. The van der Waals surface area contributed by atoms with Crippen molar-refractivity contribution < 1.29 is 4.74 Å². The standard InChI is InChI=1S/C21H18N2O/c1-24-15-8-9-17-14(12-15)7-11-19(23)21(17)20-16-5-3-2-4-13(16)6-10-18(20)22/h2-12H,22-23H2,1H3. The minimum atomic E-state index is 0.718. The first kappa shape index (κ1) is 14.4. The van der Waals surface area contributed by atoms with Crippen LogP contribution in [0.1, 0.15) is 0 Å². The minimum Gasteiger partial charge on any atom is -0.497 e. The Labute approximate surface area is 140 Å². The molecule has 0 aliphatic carbocycles. The summed E-state index contributed by atoms with van der Waals surface area (Å²) in [5.41, 5.74) is 16.1. The monoisotopic (exact) mass is 314 g/mol. The van der Waals surface area contributed by atoms with E-state index in [4.69, 9.17) is 16.2 Å². The van der Waals surface area contributed by atoms with Crippen LogP contribution >= 0.6 is 0 Å². The van der Waals surface area contributed by atoms with Crippen LogP contribution < -0.4 is 16.2 Å². The van der Waals surface area contributed by atoms with E-state index in [0.29, 0.717) is 0 Å². The summed E-state index contributed by atoms with van der Waals surface area (Å²) in [5.74, 6) is 0.823. The molecule has 4 aromatic carbocycles. The molecular formula is C21H18N2O. The van der Waals surface area contributed by atoms with Gasteiger partial charge in [-0.25, -0.2) is 0 Å². The van der Waals surface area contributed by atoms with Gasteiger partial charge in [0.25, 0.3) is 0 Å². The van der Waals surface area contributed by atoms with E-state index < -0.39 is 0 Å². The van der Waals surface area contributed by atoms with E-state index in [1.165, 1.54) is 0 Å². The van der Waals surface area contributed by atoms with Gasteiger partial charge in [0.2, 0.25) is 0 Å². The average molecular weight is 314 g/mol. The van der Waals surface area contributed by atoms with Crippen LogP contribution in [0, 0.1) is 0 Å². The number of hydrogen-bond donors (Lipinski definition) is 2. The highest BCUT2D eigenvalue weighted by atomic mass is 16.5. The Kier molecular flexibility index (Phi) is 3.28. The molecule has 0 fully saturated rings. The minimum absolute atomic E-state index is 0.718. The van der Waals surface area contributed by atoms with Gasteiger partial charge in [0.05, 0.1) is 7.11 Å². The maximum absolute atomic E-state index is 6.36. The molecule has 0 aromatic heterocycles. The number of benzene rings is 4. The van der Waals surface area contributed by atoms with Crippen LogP contribution in [-0.4, -0.2) is 7.11 Å². The van der Waals surface area contributed by atoms with E-state index in [2.05, 4.69) is 12.1 Å². The fraction of sp³-hybridized carbons (Fsp3) is 0.0476. The average Bonchev–Trinajstić information content (AvgIpc) is 2.62. The highest BCUT2D eigenvalue weighted by Gasteiger charge is 2.14. The van der Waals surface area contributed by atoms with Crippen molar-refractivity contribution in [2.24, 2.45) is 0 Å². The van der Waals surface area contributed by atoms with Crippen LogP contribution in [0.25, 0.3) is 32.7 Å². The smallest absolute Gasteiger partial charge is 0.119 e. The van der Waals surface area contributed by atoms with Gasteiger partial charge < -0.3 is 16.2 Å². The first-order valence-corrected chi connectivity index (χ1v) is 7.83. The number of nitrogens with two attached hydrogens (primary N) is 2. The lowest BCUT2D eigenvalue weighted by atomic mass is 9.91. The molecule has 118 valence electrons. The number of fused-ring (bicyclic) bond motifs is 2. The summed E-state index contributed by atoms with van der Waals surface area (Å²) in [6, 6.07) is 22.2. The molecule has 0 saturated carbocycles. The van der Waals surface area contributed by atoms with E-state index in [0.717, 1.165) is 49.8 Å². The zero-order valence-electron chi connectivity index (χ0n) is 13.4. The lowest BCUT2D eigenvalue weighted by Crippen LogP contribution is -1.97. The Morgan fingerprint density at radius 2 is 1.29 bits per heavy atom. The van der Waals surface area contributed by atoms with Crippen LogP contribution in [0.3, 0.4) is 0 Å². The molecule has 0 radical (unpaired) electrons. The zero-order valence-corrected chi connectivity index (χ0v) is 13.4. The first-order valence-electron chi connectivity index (χ1n) is 7.83. The molecule has 4 N–H and O–H groups in total. The van der Waals surface area contributed by atoms with Crippen LogP contribution in [0.15, 0.2) is 66.7 Å². The van der Waals surface area contributed by atoms with Gasteiger partial charge in [0.15, 0.2) is 0 Å². The van der Waals surface area contributed by atoms with E-state index >= 15 is 0 Å². The van der Waals surface area contributed by atoms with Gasteiger partial charge in [-0.05, 0) is 51.9 Å². The summed E-state index contributed by atoms with van der Waals surface area (Å²) in [6.07, 6.45) is 0. The molecule has 0 aliphatic rings. The third kappa shape index (κ3) is 2.14. The third-order valence-electron chi connectivity index (χ3n) is 4.47. The van der Waals surface area contributed by atoms with Crippen molar-refractivity contribution >= 4 is 32.9 Å².